The van der Waals surface area contributed by atoms with E-state index >= 15 is 0 Å². The highest BCUT2D eigenvalue weighted by Gasteiger charge is 2.10. The lowest BCUT2D eigenvalue weighted by atomic mass is 10.0. The second-order valence-electron chi connectivity index (χ2n) is 4.23. The average molecular weight is 229 g/mol. The van der Waals surface area contributed by atoms with E-state index in [0.717, 1.165) is 25.0 Å². The molecule has 90 valence electrons. The molecule has 2 heteroatoms. The van der Waals surface area contributed by atoms with E-state index in [1.54, 1.807) is 6.26 Å². The molecule has 1 N–H and O–H groups in total. The zero-order valence-electron chi connectivity index (χ0n) is 10.2. The highest BCUT2D eigenvalue weighted by atomic mass is 16.3. The number of nitrogens with one attached hydrogen (secondary N) is 1. The van der Waals surface area contributed by atoms with E-state index in [0.29, 0.717) is 6.04 Å². The van der Waals surface area contributed by atoms with Gasteiger partial charge in [-0.25, -0.2) is 0 Å². The molecule has 0 aliphatic heterocycles. The number of rotatable bonds is 6. The van der Waals surface area contributed by atoms with Crippen molar-refractivity contribution in [3.05, 3.63) is 60.1 Å². The Bertz CT molecular complexity index is 408. The van der Waals surface area contributed by atoms with Crippen molar-refractivity contribution < 1.29 is 4.42 Å². The van der Waals surface area contributed by atoms with Crippen molar-refractivity contribution >= 4 is 0 Å². The number of aryl methyl sites for hydroxylation is 1. The maximum absolute atomic E-state index is 5.43. The van der Waals surface area contributed by atoms with Gasteiger partial charge in [-0.05, 0) is 44.0 Å². The van der Waals surface area contributed by atoms with Gasteiger partial charge in [0.2, 0.25) is 0 Å². The minimum absolute atomic E-state index is 0.328. The highest BCUT2D eigenvalue weighted by Crippen LogP contribution is 2.19. The second-order valence-corrected chi connectivity index (χ2v) is 4.23. The lowest BCUT2D eigenvalue weighted by Crippen LogP contribution is -2.15. The monoisotopic (exact) mass is 229 g/mol. The summed E-state index contributed by atoms with van der Waals surface area (Å²) >= 11 is 0. The van der Waals surface area contributed by atoms with E-state index in [1.807, 2.05) is 19.2 Å². The van der Waals surface area contributed by atoms with E-state index in [-0.39, 0.29) is 0 Å². The van der Waals surface area contributed by atoms with Gasteiger partial charge in [0.15, 0.2) is 0 Å². The molecule has 0 amide bonds. The smallest absolute Gasteiger partial charge is 0.120 e. The predicted molar refractivity (Wildman–Crippen MR) is 69.9 cm³/mol. The van der Waals surface area contributed by atoms with Gasteiger partial charge in [-0.15, -0.1) is 0 Å². The van der Waals surface area contributed by atoms with Gasteiger partial charge >= 0.3 is 0 Å². The molecular weight excluding hydrogens is 210 g/mol. The van der Waals surface area contributed by atoms with E-state index in [2.05, 4.69) is 35.6 Å². The van der Waals surface area contributed by atoms with Gasteiger partial charge in [0.1, 0.15) is 5.76 Å². The lowest BCUT2D eigenvalue weighted by molar-refractivity contribution is 0.408. The maximum atomic E-state index is 5.43. The summed E-state index contributed by atoms with van der Waals surface area (Å²) in [6.07, 6.45) is 5.12. The second kappa shape index (κ2) is 6.26. The number of hydrogen-bond donors (Lipinski definition) is 1. The minimum atomic E-state index is 0.328. The van der Waals surface area contributed by atoms with Gasteiger partial charge in [0, 0.05) is 0 Å². The summed E-state index contributed by atoms with van der Waals surface area (Å²) in [5.41, 5.74) is 1.40. The van der Waals surface area contributed by atoms with Crippen LogP contribution in [0.3, 0.4) is 0 Å². The van der Waals surface area contributed by atoms with Crippen molar-refractivity contribution in [2.75, 3.05) is 7.05 Å². The van der Waals surface area contributed by atoms with E-state index in [9.17, 15) is 0 Å². The van der Waals surface area contributed by atoms with Gasteiger partial charge in [0.05, 0.1) is 12.3 Å². The Balaban J connectivity index is 1.81. The van der Waals surface area contributed by atoms with Crippen molar-refractivity contribution in [3.63, 3.8) is 0 Å². The molecule has 0 fully saturated rings. The Labute approximate surface area is 103 Å². The molecule has 2 aromatic rings. The molecule has 2 nitrogen and oxygen atoms in total. The van der Waals surface area contributed by atoms with Crippen LogP contribution in [-0.2, 0) is 6.42 Å². The predicted octanol–water partition coefficient (Wildman–Crippen LogP) is 3.56. The average Bonchev–Trinajstić information content (AvgIpc) is 2.90. The van der Waals surface area contributed by atoms with Crippen LogP contribution in [0.4, 0.5) is 0 Å². The fourth-order valence-corrected chi connectivity index (χ4v) is 2.07. The maximum Gasteiger partial charge on any atom is 0.120 e. The molecule has 0 aliphatic rings. The minimum Gasteiger partial charge on any atom is -0.468 e. The molecule has 1 atom stereocenters. The first-order valence-electron chi connectivity index (χ1n) is 6.15. The molecule has 0 bridgehead atoms. The van der Waals surface area contributed by atoms with E-state index < -0.39 is 0 Å². The van der Waals surface area contributed by atoms with E-state index in [1.165, 1.54) is 5.56 Å². The summed E-state index contributed by atoms with van der Waals surface area (Å²) in [6, 6.07) is 14.9. The van der Waals surface area contributed by atoms with Crippen molar-refractivity contribution in [3.8, 4) is 0 Å². The number of hydrogen-bond acceptors (Lipinski definition) is 2. The van der Waals surface area contributed by atoms with Crippen molar-refractivity contribution in [1.29, 1.82) is 0 Å². The summed E-state index contributed by atoms with van der Waals surface area (Å²) < 4.78 is 5.43. The van der Waals surface area contributed by atoms with Gasteiger partial charge in [0.25, 0.3) is 0 Å². The SMILES string of the molecule is CNC(CCCc1ccccc1)c1ccco1. The van der Waals surface area contributed by atoms with Crippen LogP contribution in [0.2, 0.25) is 0 Å². The molecule has 1 unspecified atom stereocenters. The molecule has 0 aliphatic carbocycles. The quantitative estimate of drug-likeness (QED) is 0.819. The molecule has 0 saturated heterocycles. The Morgan fingerprint density at radius 3 is 2.59 bits per heavy atom. The van der Waals surface area contributed by atoms with Crippen molar-refractivity contribution in [2.24, 2.45) is 0 Å². The van der Waals surface area contributed by atoms with Crippen molar-refractivity contribution in [1.82, 2.24) is 5.32 Å². The fourth-order valence-electron chi connectivity index (χ4n) is 2.07. The van der Waals surface area contributed by atoms with E-state index in [4.69, 9.17) is 4.42 Å². The lowest BCUT2D eigenvalue weighted by Gasteiger charge is -2.13. The van der Waals surface area contributed by atoms with Crippen LogP contribution < -0.4 is 5.32 Å². The van der Waals surface area contributed by atoms with Crippen LogP contribution in [0.15, 0.2) is 53.1 Å². The summed E-state index contributed by atoms with van der Waals surface area (Å²) in [7, 11) is 1.98. The molecule has 17 heavy (non-hydrogen) atoms. The summed E-state index contributed by atoms with van der Waals surface area (Å²) in [5.74, 6) is 1.03. The third-order valence-corrected chi connectivity index (χ3v) is 3.04. The zero-order valence-corrected chi connectivity index (χ0v) is 10.2. The van der Waals surface area contributed by atoms with Gasteiger partial charge in [-0.1, -0.05) is 30.3 Å². The molecule has 1 aromatic heterocycles. The topological polar surface area (TPSA) is 25.2 Å². The molecule has 1 aromatic carbocycles. The number of benzene rings is 1. The van der Waals surface area contributed by atoms with Gasteiger partial charge in [-0.2, -0.15) is 0 Å². The molecular formula is C15H19NO. The van der Waals surface area contributed by atoms with Crippen LogP contribution in [-0.4, -0.2) is 7.05 Å². The summed E-state index contributed by atoms with van der Waals surface area (Å²) in [6.45, 7) is 0. The Kier molecular flexibility index (Phi) is 4.39. The Hall–Kier alpha value is -1.54. The van der Waals surface area contributed by atoms with Crippen LogP contribution in [0, 0.1) is 0 Å². The molecule has 1 heterocycles. The molecule has 0 spiro atoms. The standard InChI is InChI=1S/C15H19NO/c1-16-14(15-11-6-12-17-15)10-5-9-13-7-3-2-4-8-13/h2-4,6-8,11-12,14,16H,5,9-10H2,1H3. The summed E-state index contributed by atoms with van der Waals surface area (Å²) in [4.78, 5) is 0. The van der Waals surface area contributed by atoms with Crippen LogP contribution in [0.25, 0.3) is 0 Å². The first-order valence-corrected chi connectivity index (χ1v) is 6.15. The first kappa shape index (κ1) is 11.9. The fraction of sp³-hybridized carbons (Fsp3) is 0.333. The summed E-state index contributed by atoms with van der Waals surface area (Å²) in [5, 5.41) is 3.30. The van der Waals surface area contributed by atoms with Crippen LogP contribution in [0.5, 0.6) is 0 Å². The Morgan fingerprint density at radius 2 is 1.94 bits per heavy atom. The van der Waals surface area contributed by atoms with Gasteiger partial charge < -0.3 is 9.73 Å². The largest absolute Gasteiger partial charge is 0.468 e. The van der Waals surface area contributed by atoms with Crippen molar-refractivity contribution in [2.45, 2.75) is 25.3 Å². The Morgan fingerprint density at radius 1 is 1.12 bits per heavy atom. The third kappa shape index (κ3) is 3.46. The van der Waals surface area contributed by atoms with Crippen LogP contribution >= 0.6 is 0 Å². The molecule has 2 rings (SSSR count). The van der Waals surface area contributed by atoms with Gasteiger partial charge in [-0.3, -0.25) is 0 Å². The zero-order chi connectivity index (χ0) is 11.9. The third-order valence-electron chi connectivity index (χ3n) is 3.04. The first-order chi connectivity index (χ1) is 8.40. The molecule has 0 saturated carbocycles. The normalized spacial score (nSPS) is 12.5. The molecule has 0 radical (unpaired) electrons. The van der Waals surface area contributed by atoms with Crippen LogP contribution in [0.1, 0.15) is 30.2 Å². The number of furan rings is 1. The highest BCUT2D eigenvalue weighted by molar-refractivity contribution is 5.14.